The van der Waals surface area contributed by atoms with E-state index in [4.69, 9.17) is 4.74 Å². The van der Waals surface area contributed by atoms with Crippen LogP contribution in [0, 0.1) is 0 Å². The minimum atomic E-state index is -0.926. The number of ether oxygens (including phenoxy) is 1. The highest BCUT2D eigenvalue weighted by molar-refractivity contribution is 5.77. The lowest BCUT2D eigenvalue weighted by atomic mass is 9.77. The summed E-state index contributed by atoms with van der Waals surface area (Å²) in [4.78, 5) is 11.3. The van der Waals surface area contributed by atoms with Gasteiger partial charge in [0.25, 0.3) is 0 Å². The summed E-state index contributed by atoms with van der Waals surface area (Å²) in [6.07, 6.45) is 2.62. The van der Waals surface area contributed by atoms with Crippen LogP contribution in [0.1, 0.15) is 32.0 Å². The first-order chi connectivity index (χ1) is 8.20. The largest absolute Gasteiger partial charge is 0.479 e. The summed E-state index contributed by atoms with van der Waals surface area (Å²) in [5.74, 6) is -0.269. The fourth-order valence-electron chi connectivity index (χ4n) is 2.03. The van der Waals surface area contributed by atoms with Crippen molar-refractivity contribution in [2.45, 2.75) is 38.1 Å². The zero-order chi connectivity index (χ0) is 12.3. The van der Waals surface area contributed by atoms with Crippen LogP contribution >= 0.6 is 0 Å². The van der Waals surface area contributed by atoms with Crippen molar-refractivity contribution in [3.63, 3.8) is 0 Å². The van der Waals surface area contributed by atoms with Crippen LogP contribution in [0.3, 0.4) is 0 Å². The molecule has 1 N–H and O–H groups in total. The molecule has 1 aromatic heterocycles. The molecule has 0 saturated heterocycles. The van der Waals surface area contributed by atoms with Gasteiger partial charge >= 0.3 is 5.97 Å². The molecule has 2 rings (SSSR count). The molecule has 1 saturated carbocycles. The molecule has 0 amide bonds. The minimum absolute atomic E-state index is 0.507. The maximum atomic E-state index is 11.3. The zero-order valence-corrected chi connectivity index (χ0v) is 9.80. The third kappa shape index (κ3) is 2.02. The Morgan fingerprint density at radius 1 is 1.59 bits per heavy atom. The molecule has 7 nitrogen and oxygen atoms in total. The Bertz CT molecular complexity index is 400. The van der Waals surface area contributed by atoms with Gasteiger partial charge in [-0.15, -0.1) is 5.10 Å². The maximum Gasteiger partial charge on any atom is 0.331 e. The van der Waals surface area contributed by atoms with Crippen molar-refractivity contribution in [3.05, 3.63) is 5.82 Å². The van der Waals surface area contributed by atoms with E-state index in [0.717, 1.165) is 6.42 Å². The summed E-state index contributed by atoms with van der Waals surface area (Å²) >= 11 is 0. The van der Waals surface area contributed by atoms with Gasteiger partial charge in [-0.25, -0.2) is 9.48 Å². The van der Waals surface area contributed by atoms with Gasteiger partial charge in [0.05, 0.1) is 6.61 Å². The van der Waals surface area contributed by atoms with E-state index in [1.807, 2.05) is 6.92 Å². The number of carboxylic acid groups (broad SMARTS) is 1. The predicted octanol–water partition coefficient (Wildman–Crippen LogP) is 0.216. The molecular weight excluding hydrogens is 224 g/mol. The average Bonchev–Trinajstić information content (AvgIpc) is 2.65. The lowest BCUT2D eigenvalue weighted by Crippen LogP contribution is -2.49. The first-order valence-electron chi connectivity index (χ1n) is 5.79. The third-order valence-corrected chi connectivity index (χ3v) is 3.19. The highest BCUT2D eigenvalue weighted by atomic mass is 16.5. The Morgan fingerprint density at radius 3 is 2.88 bits per heavy atom. The highest BCUT2D eigenvalue weighted by Crippen LogP contribution is 2.39. The van der Waals surface area contributed by atoms with Crippen LogP contribution in [-0.2, 0) is 21.5 Å². The summed E-state index contributed by atoms with van der Waals surface area (Å²) in [6.45, 7) is 3.05. The molecule has 0 radical (unpaired) electrons. The van der Waals surface area contributed by atoms with Crippen molar-refractivity contribution in [2.75, 3.05) is 13.2 Å². The van der Waals surface area contributed by atoms with E-state index in [1.54, 1.807) is 0 Å². The number of hydrogen-bond acceptors (Lipinski definition) is 5. The molecule has 17 heavy (non-hydrogen) atoms. The molecule has 1 aromatic rings. The van der Waals surface area contributed by atoms with Gasteiger partial charge in [-0.3, -0.25) is 0 Å². The number of hydrogen-bond donors (Lipinski definition) is 1. The highest BCUT2D eigenvalue weighted by Gasteiger charge is 2.48. The smallest absolute Gasteiger partial charge is 0.331 e. The summed E-state index contributed by atoms with van der Waals surface area (Å²) in [6, 6.07) is 0. The van der Waals surface area contributed by atoms with Crippen molar-refractivity contribution < 1.29 is 14.6 Å². The van der Waals surface area contributed by atoms with Gasteiger partial charge in [0.15, 0.2) is 11.4 Å². The molecule has 1 heterocycles. The number of tetrazole rings is 1. The van der Waals surface area contributed by atoms with Crippen LogP contribution < -0.4 is 0 Å². The Balaban J connectivity index is 2.15. The molecular formula is C10H16N4O3. The lowest BCUT2D eigenvalue weighted by molar-refractivity contribution is -0.153. The molecule has 0 atom stereocenters. The molecule has 94 valence electrons. The minimum Gasteiger partial charge on any atom is -0.479 e. The van der Waals surface area contributed by atoms with E-state index >= 15 is 0 Å². The number of carbonyl (C=O) groups is 1. The standard InChI is InChI=1S/C10H16N4O3/c1-2-17-7-4-8-11-12-13-14(8)10(9(15)16)5-3-6-10/h2-7H2,1H3,(H,15,16). The van der Waals surface area contributed by atoms with E-state index in [9.17, 15) is 9.90 Å². The second-order valence-corrected chi connectivity index (χ2v) is 4.14. The molecule has 0 unspecified atom stereocenters. The van der Waals surface area contributed by atoms with E-state index < -0.39 is 11.5 Å². The van der Waals surface area contributed by atoms with Crippen molar-refractivity contribution in [1.82, 2.24) is 20.2 Å². The first kappa shape index (κ1) is 12.0. The number of nitrogens with zero attached hydrogens (tertiary/aromatic N) is 4. The van der Waals surface area contributed by atoms with Gasteiger partial charge in [-0.1, -0.05) is 0 Å². The maximum absolute atomic E-state index is 11.3. The van der Waals surface area contributed by atoms with Crippen LogP contribution in [0.5, 0.6) is 0 Å². The van der Waals surface area contributed by atoms with E-state index in [0.29, 0.717) is 38.3 Å². The van der Waals surface area contributed by atoms with Gasteiger partial charge in [0.2, 0.25) is 0 Å². The summed E-state index contributed by atoms with van der Waals surface area (Å²) in [5, 5.41) is 20.6. The third-order valence-electron chi connectivity index (χ3n) is 3.19. The summed E-state index contributed by atoms with van der Waals surface area (Å²) in [5.41, 5.74) is -0.926. The second-order valence-electron chi connectivity index (χ2n) is 4.14. The van der Waals surface area contributed by atoms with Gasteiger partial charge in [0, 0.05) is 13.0 Å². The van der Waals surface area contributed by atoms with Crippen molar-refractivity contribution in [3.8, 4) is 0 Å². The quantitative estimate of drug-likeness (QED) is 0.715. The second kappa shape index (κ2) is 4.79. The molecule has 1 aliphatic carbocycles. The number of aromatic nitrogens is 4. The van der Waals surface area contributed by atoms with Crippen molar-refractivity contribution in [1.29, 1.82) is 0 Å². The Labute approximate surface area is 98.8 Å². The molecule has 0 aliphatic heterocycles. The number of carboxylic acids is 1. The SMILES string of the molecule is CCOCCc1nnnn1C1(C(=O)O)CCC1. The number of rotatable bonds is 6. The van der Waals surface area contributed by atoms with Gasteiger partial charge in [0.1, 0.15) is 0 Å². The van der Waals surface area contributed by atoms with Crippen molar-refractivity contribution >= 4 is 5.97 Å². The molecule has 0 aromatic carbocycles. The van der Waals surface area contributed by atoms with Crippen LogP contribution in [0.15, 0.2) is 0 Å². The lowest BCUT2D eigenvalue weighted by Gasteiger charge is -2.37. The van der Waals surface area contributed by atoms with E-state index in [2.05, 4.69) is 15.5 Å². The molecule has 1 aliphatic rings. The topological polar surface area (TPSA) is 90.1 Å². The van der Waals surface area contributed by atoms with Crippen LogP contribution in [0.25, 0.3) is 0 Å². The molecule has 7 heteroatoms. The van der Waals surface area contributed by atoms with Gasteiger partial charge in [-0.2, -0.15) is 0 Å². The Morgan fingerprint density at radius 2 is 2.35 bits per heavy atom. The van der Waals surface area contributed by atoms with Crippen LogP contribution in [0.4, 0.5) is 0 Å². The van der Waals surface area contributed by atoms with Crippen LogP contribution in [0.2, 0.25) is 0 Å². The fraction of sp³-hybridized carbons (Fsp3) is 0.800. The molecule has 0 bridgehead atoms. The van der Waals surface area contributed by atoms with E-state index in [-0.39, 0.29) is 0 Å². The van der Waals surface area contributed by atoms with Gasteiger partial charge < -0.3 is 9.84 Å². The van der Waals surface area contributed by atoms with Crippen molar-refractivity contribution in [2.24, 2.45) is 0 Å². The van der Waals surface area contributed by atoms with Crippen LogP contribution in [-0.4, -0.2) is 44.5 Å². The Hall–Kier alpha value is -1.50. The van der Waals surface area contributed by atoms with Gasteiger partial charge in [-0.05, 0) is 36.6 Å². The van der Waals surface area contributed by atoms with E-state index in [1.165, 1.54) is 4.68 Å². The predicted molar refractivity (Wildman–Crippen MR) is 57.5 cm³/mol. The average molecular weight is 240 g/mol. The zero-order valence-electron chi connectivity index (χ0n) is 9.80. The summed E-state index contributed by atoms with van der Waals surface area (Å²) < 4.78 is 6.69. The monoisotopic (exact) mass is 240 g/mol. The normalized spacial score (nSPS) is 17.7. The fourth-order valence-corrected chi connectivity index (χ4v) is 2.03. The molecule has 0 spiro atoms. The molecule has 1 fully saturated rings. The summed E-state index contributed by atoms with van der Waals surface area (Å²) in [7, 11) is 0. The Kier molecular flexibility index (Phi) is 3.37. The first-order valence-corrected chi connectivity index (χ1v) is 5.79. The number of aliphatic carboxylic acids is 1.